The van der Waals surface area contributed by atoms with Crippen LogP contribution in [0.4, 0.5) is 0 Å². The molecule has 0 radical (unpaired) electrons. The normalized spacial score (nSPS) is 11.8. The van der Waals surface area contributed by atoms with Crippen molar-refractivity contribution in [2.24, 2.45) is 0 Å². The maximum absolute atomic E-state index is 6.37. The molecule has 0 aliphatic carbocycles. The predicted octanol–water partition coefficient (Wildman–Crippen LogP) is 11.8. The molecule has 0 amide bonds. The lowest BCUT2D eigenvalue weighted by atomic mass is 10.0. The van der Waals surface area contributed by atoms with E-state index < -0.39 is 0 Å². The molecule has 4 aromatic heterocycles. The van der Waals surface area contributed by atoms with Crippen molar-refractivity contribution in [3.8, 4) is 50.7 Å². The van der Waals surface area contributed by atoms with Crippen LogP contribution in [-0.2, 0) is 0 Å². The summed E-state index contributed by atoms with van der Waals surface area (Å²) >= 11 is 0. The maximum Gasteiger partial charge on any atom is 0.220 e. The van der Waals surface area contributed by atoms with Crippen LogP contribution in [0.25, 0.3) is 100 Å². The van der Waals surface area contributed by atoms with Gasteiger partial charge in [-0.2, -0.15) is 0 Å². The van der Waals surface area contributed by atoms with Crippen LogP contribution >= 0.6 is 0 Å². The van der Waals surface area contributed by atoms with E-state index in [4.69, 9.17) is 19.4 Å². The fourth-order valence-electron chi connectivity index (χ4n) is 7.62. The Morgan fingerprint density at radius 1 is 0.396 bits per heavy atom. The lowest BCUT2D eigenvalue weighted by Gasteiger charge is -2.09. The molecular formula is C47H29N5O. The van der Waals surface area contributed by atoms with Gasteiger partial charge in [0.05, 0.1) is 33.5 Å². The Balaban J connectivity index is 1.04. The van der Waals surface area contributed by atoms with E-state index in [-0.39, 0.29) is 0 Å². The zero-order chi connectivity index (χ0) is 34.9. The number of imidazole rings is 2. The summed E-state index contributed by atoms with van der Waals surface area (Å²) in [5, 5.41) is 2.06. The van der Waals surface area contributed by atoms with Crippen LogP contribution in [0.3, 0.4) is 0 Å². The van der Waals surface area contributed by atoms with E-state index in [0.717, 1.165) is 94.7 Å². The van der Waals surface area contributed by atoms with E-state index >= 15 is 0 Å². The number of benzene rings is 7. The van der Waals surface area contributed by atoms with Crippen molar-refractivity contribution < 1.29 is 4.42 Å². The molecule has 0 atom stereocenters. The minimum absolute atomic E-state index is 0.669. The van der Waals surface area contributed by atoms with Gasteiger partial charge in [0.1, 0.15) is 11.2 Å². The summed E-state index contributed by atoms with van der Waals surface area (Å²) in [6, 6.07) is 60.8. The van der Waals surface area contributed by atoms with Crippen LogP contribution in [0, 0.1) is 0 Å². The predicted molar refractivity (Wildman–Crippen MR) is 214 cm³/mol. The van der Waals surface area contributed by atoms with Gasteiger partial charge < -0.3 is 4.42 Å². The Morgan fingerprint density at radius 2 is 0.962 bits per heavy atom. The van der Waals surface area contributed by atoms with Crippen LogP contribution in [-0.4, -0.2) is 23.9 Å². The van der Waals surface area contributed by atoms with Gasteiger partial charge in [-0.25, -0.2) is 15.0 Å². The van der Waals surface area contributed by atoms with Gasteiger partial charge in [0, 0.05) is 33.2 Å². The Bertz CT molecular complexity index is 3120. The molecule has 7 aromatic carbocycles. The number of para-hydroxylation sites is 4. The Labute approximate surface area is 303 Å². The maximum atomic E-state index is 6.37. The van der Waals surface area contributed by atoms with Gasteiger partial charge >= 0.3 is 0 Å². The first-order valence-corrected chi connectivity index (χ1v) is 17.7. The lowest BCUT2D eigenvalue weighted by molar-refractivity contribution is 0.669. The first kappa shape index (κ1) is 29.4. The van der Waals surface area contributed by atoms with Crippen molar-refractivity contribution in [1.29, 1.82) is 0 Å². The van der Waals surface area contributed by atoms with E-state index in [1.807, 2.05) is 48.5 Å². The van der Waals surface area contributed by atoms with Crippen molar-refractivity contribution in [1.82, 2.24) is 23.9 Å². The highest BCUT2D eigenvalue weighted by atomic mass is 16.3. The summed E-state index contributed by atoms with van der Waals surface area (Å²) in [5.41, 5.74) is 14.0. The Hall–Kier alpha value is -7.31. The number of fused-ring (bicyclic) bond motifs is 8. The van der Waals surface area contributed by atoms with Crippen LogP contribution < -0.4 is 0 Å². The first-order chi connectivity index (χ1) is 26.2. The van der Waals surface area contributed by atoms with E-state index in [1.54, 1.807) is 0 Å². The summed E-state index contributed by atoms with van der Waals surface area (Å²) < 4.78 is 10.9. The highest BCUT2D eigenvalue weighted by Gasteiger charge is 2.18. The molecule has 0 spiro atoms. The van der Waals surface area contributed by atoms with E-state index in [1.165, 1.54) is 0 Å². The molecule has 0 saturated carbocycles. The lowest BCUT2D eigenvalue weighted by Crippen LogP contribution is -1.95. The van der Waals surface area contributed by atoms with Crippen molar-refractivity contribution in [2.45, 2.75) is 0 Å². The summed E-state index contributed by atoms with van der Waals surface area (Å²) in [4.78, 5) is 15.2. The van der Waals surface area contributed by atoms with Gasteiger partial charge in [-0.05, 0) is 83.9 Å². The molecule has 6 nitrogen and oxygen atoms in total. The van der Waals surface area contributed by atoms with Gasteiger partial charge in [-0.3, -0.25) is 8.97 Å². The third kappa shape index (κ3) is 4.77. The van der Waals surface area contributed by atoms with E-state index in [0.29, 0.717) is 5.82 Å². The fraction of sp³-hybridized carbons (Fsp3) is 0. The monoisotopic (exact) mass is 679 g/mol. The van der Waals surface area contributed by atoms with Gasteiger partial charge in [-0.15, -0.1) is 0 Å². The summed E-state index contributed by atoms with van der Waals surface area (Å²) in [6.07, 6.45) is 0. The second-order valence-electron chi connectivity index (χ2n) is 13.3. The van der Waals surface area contributed by atoms with Gasteiger partial charge in [-0.1, -0.05) is 103 Å². The Kier molecular flexibility index (Phi) is 6.45. The van der Waals surface area contributed by atoms with Crippen molar-refractivity contribution in [3.05, 3.63) is 176 Å². The SMILES string of the molecule is c1ccc(-c2cc(-c3ccccc3)nc(-c3ccc4oc5ccc(-c6cccc(-n7c8ccccc8n8c9ccccc9nc78)c6)cc5c4c3)n2)cc1. The highest BCUT2D eigenvalue weighted by molar-refractivity contribution is 6.07. The third-order valence-corrected chi connectivity index (χ3v) is 10.1. The molecule has 4 heterocycles. The summed E-state index contributed by atoms with van der Waals surface area (Å²) in [7, 11) is 0. The van der Waals surface area contributed by atoms with Crippen LogP contribution in [0.5, 0.6) is 0 Å². The molecule has 11 aromatic rings. The van der Waals surface area contributed by atoms with Crippen LogP contribution in [0.1, 0.15) is 0 Å². The molecule has 6 heteroatoms. The van der Waals surface area contributed by atoms with E-state index in [2.05, 4.69) is 136 Å². The second-order valence-corrected chi connectivity index (χ2v) is 13.3. The average molecular weight is 680 g/mol. The van der Waals surface area contributed by atoms with Gasteiger partial charge in [0.2, 0.25) is 5.78 Å². The zero-order valence-corrected chi connectivity index (χ0v) is 28.4. The smallest absolute Gasteiger partial charge is 0.220 e. The number of aromatic nitrogens is 5. The molecule has 53 heavy (non-hydrogen) atoms. The number of rotatable bonds is 5. The van der Waals surface area contributed by atoms with Crippen molar-refractivity contribution in [3.63, 3.8) is 0 Å². The molecule has 0 saturated heterocycles. The van der Waals surface area contributed by atoms with Crippen molar-refractivity contribution in [2.75, 3.05) is 0 Å². The standard InChI is InChI=1S/C47H29N5O/c1-3-12-30(13-4-1)39-29-40(31-14-5-2-6-15-31)49-46(48-39)34-23-25-45-37(28-34)36-27-33(22-24-44(36)53-45)32-16-11-17-35(26-32)51-42-20-9-10-21-43(42)52-41-19-8-7-18-38(41)50-47(51)52/h1-29H. The average Bonchev–Trinajstić information content (AvgIpc) is 3.89. The number of nitrogens with zero attached hydrogens (tertiary/aromatic N) is 5. The van der Waals surface area contributed by atoms with Crippen LogP contribution in [0.2, 0.25) is 0 Å². The molecule has 0 aliphatic heterocycles. The molecule has 248 valence electrons. The topological polar surface area (TPSA) is 61.2 Å². The molecule has 0 unspecified atom stereocenters. The quantitative estimate of drug-likeness (QED) is 0.182. The number of furan rings is 1. The third-order valence-electron chi connectivity index (χ3n) is 10.1. The molecule has 0 aliphatic rings. The molecule has 0 N–H and O–H groups in total. The number of hydrogen-bond acceptors (Lipinski definition) is 4. The fourth-order valence-corrected chi connectivity index (χ4v) is 7.62. The van der Waals surface area contributed by atoms with E-state index in [9.17, 15) is 0 Å². The first-order valence-electron chi connectivity index (χ1n) is 17.7. The minimum Gasteiger partial charge on any atom is -0.456 e. The molecule has 0 bridgehead atoms. The molecular weight excluding hydrogens is 651 g/mol. The van der Waals surface area contributed by atoms with Gasteiger partial charge in [0.25, 0.3) is 0 Å². The Morgan fingerprint density at radius 3 is 1.68 bits per heavy atom. The molecule has 11 rings (SSSR count). The van der Waals surface area contributed by atoms with Crippen LogP contribution in [0.15, 0.2) is 180 Å². The summed E-state index contributed by atoms with van der Waals surface area (Å²) in [6.45, 7) is 0. The van der Waals surface area contributed by atoms with Gasteiger partial charge in [0.15, 0.2) is 5.82 Å². The zero-order valence-electron chi connectivity index (χ0n) is 28.4. The number of hydrogen-bond donors (Lipinski definition) is 0. The minimum atomic E-state index is 0.669. The second kappa shape index (κ2) is 11.6. The molecule has 0 fully saturated rings. The highest BCUT2D eigenvalue weighted by Crippen LogP contribution is 2.37. The summed E-state index contributed by atoms with van der Waals surface area (Å²) in [5.74, 6) is 1.56. The largest absolute Gasteiger partial charge is 0.456 e. The van der Waals surface area contributed by atoms with Crippen molar-refractivity contribution >= 4 is 49.8 Å².